The minimum absolute atomic E-state index is 0.0850. The summed E-state index contributed by atoms with van der Waals surface area (Å²) < 4.78 is 5.62. The van der Waals surface area contributed by atoms with Gasteiger partial charge in [-0.15, -0.1) is 0 Å². The highest BCUT2D eigenvalue weighted by molar-refractivity contribution is 5.86. The molecule has 1 aliphatic rings. The van der Waals surface area contributed by atoms with Crippen LogP contribution in [0.15, 0.2) is 17.1 Å². The molecule has 20 heavy (non-hydrogen) atoms. The zero-order valence-electron chi connectivity index (χ0n) is 12.3. The summed E-state index contributed by atoms with van der Waals surface area (Å²) in [6, 6.07) is 0. The van der Waals surface area contributed by atoms with E-state index in [0.29, 0.717) is 5.92 Å². The highest BCUT2D eigenvalue weighted by Gasteiger charge is 2.21. The summed E-state index contributed by atoms with van der Waals surface area (Å²) in [5.74, 6) is 2.18. The number of oxazole rings is 1. The van der Waals surface area contributed by atoms with Gasteiger partial charge in [0.25, 0.3) is 0 Å². The van der Waals surface area contributed by atoms with Crippen molar-refractivity contribution in [2.45, 2.75) is 33.2 Å². The van der Waals surface area contributed by atoms with Gasteiger partial charge >= 0.3 is 0 Å². The maximum absolute atomic E-state index is 11.1. The SMILES string of the molecule is C=CC(=O)NCC1CCN(Cc2nc(C)c(C)o2)CC1. The number of carbonyl (C=O) groups is 1. The predicted molar refractivity (Wildman–Crippen MR) is 77.2 cm³/mol. The second-order valence-corrected chi connectivity index (χ2v) is 5.42. The Bertz CT molecular complexity index is 454. The number of aromatic nitrogens is 1. The van der Waals surface area contributed by atoms with Crippen LogP contribution >= 0.6 is 0 Å². The first kappa shape index (κ1) is 14.8. The van der Waals surface area contributed by atoms with Crippen LogP contribution in [0.1, 0.15) is 30.2 Å². The maximum Gasteiger partial charge on any atom is 0.243 e. The smallest absolute Gasteiger partial charge is 0.243 e. The number of likely N-dealkylation sites (tertiary alicyclic amines) is 1. The number of nitrogens with zero attached hydrogens (tertiary/aromatic N) is 2. The van der Waals surface area contributed by atoms with Gasteiger partial charge in [0, 0.05) is 6.54 Å². The van der Waals surface area contributed by atoms with Gasteiger partial charge in [0.15, 0.2) is 0 Å². The van der Waals surface area contributed by atoms with Crippen LogP contribution in [0, 0.1) is 19.8 Å². The third kappa shape index (κ3) is 3.93. The zero-order valence-corrected chi connectivity index (χ0v) is 12.3. The lowest BCUT2D eigenvalue weighted by Crippen LogP contribution is -2.38. The van der Waals surface area contributed by atoms with E-state index in [-0.39, 0.29) is 5.91 Å². The van der Waals surface area contributed by atoms with Crippen molar-refractivity contribution in [3.05, 3.63) is 30.0 Å². The van der Waals surface area contributed by atoms with Gasteiger partial charge in [-0.05, 0) is 51.8 Å². The molecule has 0 spiro atoms. The molecule has 5 heteroatoms. The van der Waals surface area contributed by atoms with Crippen LogP contribution in [0.4, 0.5) is 0 Å². The van der Waals surface area contributed by atoms with Gasteiger partial charge in [0.2, 0.25) is 11.8 Å². The van der Waals surface area contributed by atoms with Crippen LogP contribution in [0.25, 0.3) is 0 Å². The fourth-order valence-electron chi connectivity index (χ4n) is 2.46. The van der Waals surface area contributed by atoms with E-state index in [2.05, 4.69) is 21.8 Å². The molecule has 1 N–H and O–H groups in total. The van der Waals surface area contributed by atoms with E-state index in [0.717, 1.165) is 56.4 Å². The van der Waals surface area contributed by atoms with Crippen molar-refractivity contribution in [1.29, 1.82) is 0 Å². The fourth-order valence-corrected chi connectivity index (χ4v) is 2.46. The van der Waals surface area contributed by atoms with Crippen LogP contribution in [0.2, 0.25) is 0 Å². The van der Waals surface area contributed by atoms with E-state index >= 15 is 0 Å². The molecule has 2 heterocycles. The van der Waals surface area contributed by atoms with Crippen molar-refractivity contribution >= 4 is 5.91 Å². The average Bonchev–Trinajstić information content (AvgIpc) is 2.76. The molecule has 0 saturated carbocycles. The number of rotatable bonds is 5. The molecule has 0 aromatic carbocycles. The molecule has 1 fully saturated rings. The van der Waals surface area contributed by atoms with Gasteiger partial charge in [0.05, 0.1) is 12.2 Å². The molecule has 0 aliphatic carbocycles. The van der Waals surface area contributed by atoms with E-state index in [1.165, 1.54) is 6.08 Å². The molecular weight excluding hydrogens is 254 g/mol. The number of carbonyl (C=O) groups excluding carboxylic acids is 1. The van der Waals surface area contributed by atoms with Gasteiger partial charge in [0.1, 0.15) is 5.76 Å². The minimum atomic E-state index is -0.0850. The second kappa shape index (κ2) is 6.70. The topological polar surface area (TPSA) is 58.4 Å². The molecular formula is C15H23N3O2. The van der Waals surface area contributed by atoms with Gasteiger partial charge in [-0.2, -0.15) is 0 Å². The second-order valence-electron chi connectivity index (χ2n) is 5.42. The number of amides is 1. The molecule has 110 valence electrons. The largest absolute Gasteiger partial charge is 0.444 e. The zero-order chi connectivity index (χ0) is 14.5. The van der Waals surface area contributed by atoms with Gasteiger partial charge in [-0.1, -0.05) is 6.58 Å². The average molecular weight is 277 g/mol. The third-order valence-electron chi connectivity index (χ3n) is 3.89. The Morgan fingerprint density at radius 2 is 2.20 bits per heavy atom. The standard InChI is InChI=1S/C15H23N3O2/c1-4-14(19)16-9-13-5-7-18(8-6-13)10-15-17-11(2)12(3)20-15/h4,13H,1,5-10H2,2-3H3,(H,16,19). The molecule has 5 nitrogen and oxygen atoms in total. The maximum atomic E-state index is 11.1. The summed E-state index contributed by atoms with van der Waals surface area (Å²) in [7, 11) is 0. The lowest BCUT2D eigenvalue weighted by Gasteiger charge is -2.31. The monoisotopic (exact) mass is 277 g/mol. The molecule has 1 aromatic heterocycles. The van der Waals surface area contributed by atoms with Crippen molar-refractivity contribution in [2.75, 3.05) is 19.6 Å². The minimum Gasteiger partial charge on any atom is -0.444 e. The Kier molecular flexibility index (Phi) is 4.95. The van der Waals surface area contributed by atoms with Crippen molar-refractivity contribution in [2.24, 2.45) is 5.92 Å². The molecule has 1 aliphatic heterocycles. The summed E-state index contributed by atoms with van der Waals surface area (Å²) in [5, 5.41) is 2.87. The van der Waals surface area contributed by atoms with E-state index in [1.54, 1.807) is 0 Å². The van der Waals surface area contributed by atoms with Crippen LogP contribution in [0.5, 0.6) is 0 Å². The lowest BCUT2D eigenvalue weighted by molar-refractivity contribution is -0.116. The third-order valence-corrected chi connectivity index (χ3v) is 3.89. The highest BCUT2D eigenvalue weighted by Crippen LogP contribution is 2.19. The quantitative estimate of drug-likeness (QED) is 0.834. The van der Waals surface area contributed by atoms with Crippen molar-refractivity contribution in [3.63, 3.8) is 0 Å². The van der Waals surface area contributed by atoms with E-state index < -0.39 is 0 Å². The summed E-state index contributed by atoms with van der Waals surface area (Å²) in [5.41, 5.74) is 0.974. The van der Waals surface area contributed by atoms with Crippen LogP contribution < -0.4 is 5.32 Å². The van der Waals surface area contributed by atoms with Crippen LogP contribution in [-0.2, 0) is 11.3 Å². The molecule has 1 aromatic rings. The Balaban J connectivity index is 1.74. The summed E-state index contributed by atoms with van der Waals surface area (Å²) in [6.07, 6.45) is 3.51. The predicted octanol–water partition coefficient (Wildman–Crippen LogP) is 1.81. The van der Waals surface area contributed by atoms with Crippen LogP contribution in [0.3, 0.4) is 0 Å². The summed E-state index contributed by atoms with van der Waals surface area (Å²) in [4.78, 5) is 17.9. The Labute approximate surface area is 120 Å². The number of hydrogen-bond donors (Lipinski definition) is 1. The van der Waals surface area contributed by atoms with E-state index in [1.807, 2.05) is 13.8 Å². The summed E-state index contributed by atoms with van der Waals surface area (Å²) in [6.45, 7) is 10.9. The summed E-state index contributed by atoms with van der Waals surface area (Å²) >= 11 is 0. The number of nitrogens with one attached hydrogen (secondary N) is 1. The Morgan fingerprint density at radius 1 is 1.50 bits per heavy atom. The van der Waals surface area contributed by atoms with Crippen molar-refractivity contribution in [3.8, 4) is 0 Å². The first-order valence-corrected chi connectivity index (χ1v) is 7.14. The molecule has 1 amide bonds. The van der Waals surface area contributed by atoms with Crippen molar-refractivity contribution < 1.29 is 9.21 Å². The van der Waals surface area contributed by atoms with Crippen molar-refractivity contribution in [1.82, 2.24) is 15.2 Å². The molecule has 1 saturated heterocycles. The number of hydrogen-bond acceptors (Lipinski definition) is 4. The van der Waals surface area contributed by atoms with E-state index in [9.17, 15) is 4.79 Å². The van der Waals surface area contributed by atoms with E-state index in [4.69, 9.17) is 4.42 Å². The lowest BCUT2D eigenvalue weighted by atomic mass is 9.97. The highest BCUT2D eigenvalue weighted by atomic mass is 16.4. The number of aryl methyl sites for hydroxylation is 2. The molecule has 0 atom stereocenters. The first-order chi connectivity index (χ1) is 9.58. The normalized spacial score (nSPS) is 17.1. The number of piperidine rings is 1. The molecule has 0 unspecified atom stereocenters. The Morgan fingerprint density at radius 3 is 2.75 bits per heavy atom. The molecule has 0 bridgehead atoms. The Hall–Kier alpha value is -1.62. The van der Waals surface area contributed by atoms with Gasteiger partial charge in [-0.3, -0.25) is 9.69 Å². The first-order valence-electron chi connectivity index (χ1n) is 7.14. The molecule has 2 rings (SSSR count). The molecule has 0 radical (unpaired) electrons. The van der Waals surface area contributed by atoms with Gasteiger partial charge < -0.3 is 9.73 Å². The van der Waals surface area contributed by atoms with Gasteiger partial charge in [-0.25, -0.2) is 4.98 Å². The van der Waals surface area contributed by atoms with Crippen LogP contribution in [-0.4, -0.2) is 35.4 Å². The fraction of sp³-hybridized carbons (Fsp3) is 0.600.